The molecule has 0 amide bonds. The molecule has 0 heterocycles. The normalized spacial score (nSPS) is 12.1. The molecule has 0 spiro atoms. The van der Waals surface area contributed by atoms with Gasteiger partial charge < -0.3 is 24.5 Å². The van der Waals surface area contributed by atoms with Gasteiger partial charge in [0.05, 0.1) is 35.6 Å². The molecule has 0 N–H and O–H groups in total. The Morgan fingerprint density at radius 1 is 0.447 bits per heavy atom. The standard InChI is InChI=1S/C89H105N14/c1-15-23-54-102(55-24-16-2)76-42-34-70(35-43-76)80(68-30-38-74(39-31-68)98(13)86-62-78(100(50-19-5)51-20-6)46-48-82(86)94-96-88-72(64-90)58-66(9)60-84(88)92-11)28-27-29-81(71-36-44-77(45-37-71)103(56-25-17-3)57-26-18-4)69-32-40-75(41-33-69)99(14)87-63-79(101(52-21-7)53-22-8)47-49-83(87)95-97-89-73(65-91)59-67(10)61-85(89)93-12/h27-49,58-63H,15-26,50-57H2,1-10,13-14H3/q+1. The van der Waals surface area contributed by atoms with Crippen LogP contribution in [0.3, 0.4) is 0 Å². The zero-order valence-corrected chi connectivity index (χ0v) is 63.1. The molecule has 1 aliphatic rings. The first kappa shape index (κ1) is 77.8. The van der Waals surface area contributed by atoms with E-state index in [2.05, 4.69) is 270 Å². The third kappa shape index (κ3) is 20.6. The smallest absolute Gasteiger partial charge is 0.215 e. The predicted molar refractivity (Wildman–Crippen MR) is 435 cm³/mol. The number of azo groups is 2. The lowest BCUT2D eigenvalue weighted by Gasteiger charge is -2.27. The minimum absolute atomic E-state index is 0.263. The number of aryl methyl sites for hydroxylation is 2. The first-order valence-electron chi connectivity index (χ1n) is 37.3. The summed E-state index contributed by atoms with van der Waals surface area (Å²) < 4.78 is 2.54. The maximum Gasteiger partial charge on any atom is 0.215 e. The lowest BCUT2D eigenvalue weighted by molar-refractivity contribution is -0.527. The number of hydrogen-bond acceptors (Lipinski definition) is 11. The first-order chi connectivity index (χ1) is 50.2. The van der Waals surface area contributed by atoms with Crippen LogP contribution in [0.5, 0.6) is 0 Å². The van der Waals surface area contributed by atoms with E-state index in [9.17, 15) is 10.5 Å². The molecule has 7 aromatic carbocycles. The molecule has 0 fully saturated rings. The molecule has 14 heteroatoms. The summed E-state index contributed by atoms with van der Waals surface area (Å²) in [6.07, 6.45) is 28.9. The molecule has 0 radical (unpaired) electrons. The van der Waals surface area contributed by atoms with E-state index in [-0.39, 0.29) is 22.7 Å². The molecule has 0 aromatic heterocycles. The fraction of sp³-hybridized carbons (Fsp3) is 0.360. The number of anilines is 7. The lowest BCUT2D eigenvalue weighted by Crippen LogP contribution is -2.25. The average molecular weight is 1370 g/mol. The van der Waals surface area contributed by atoms with E-state index in [4.69, 9.17) is 23.4 Å². The highest BCUT2D eigenvalue weighted by molar-refractivity contribution is 6.04. The van der Waals surface area contributed by atoms with Gasteiger partial charge in [-0.2, -0.15) is 20.8 Å². The SMILES string of the molecule is [C-]#[N+]c1cc(C)cc(C#N)c1N=Nc1ccc(N(CCC)CCC)cc1N(C)c1ccc(C(/C=C/C=C(\c2ccc(N(CCCC)CCCC)cc2)c2ccc(N(C)c3cc(N(CCC)CCC)ccc3N=Nc3c(C#N)cc(C)cc3[N+]#[C-])cc2)=C2C=CC(=[N+](CCCC)CCCC)C=C2)cc1. The van der Waals surface area contributed by atoms with Gasteiger partial charge in [0, 0.05) is 107 Å². The van der Waals surface area contributed by atoms with Gasteiger partial charge in [-0.15, -0.1) is 10.2 Å². The Morgan fingerprint density at radius 2 is 0.835 bits per heavy atom. The molecular formula is C89H105N14+. The van der Waals surface area contributed by atoms with Crippen LogP contribution in [0.15, 0.2) is 202 Å². The zero-order valence-electron chi connectivity index (χ0n) is 63.1. The minimum atomic E-state index is 0.263. The summed E-state index contributed by atoms with van der Waals surface area (Å²) in [6.45, 7) is 45.2. The van der Waals surface area contributed by atoms with Gasteiger partial charge in [0.1, 0.15) is 48.0 Å². The van der Waals surface area contributed by atoms with Crippen LogP contribution in [-0.2, 0) is 0 Å². The fourth-order valence-corrected chi connectivity index (χ4v) is 13.0. The van der Waals surface area contributed by atoms with E-state index in [0.29, 0.717) is 22.5 Å². The Hall–Kier alpha value is -10.9. The van der Waals surface area contributed by atoms with Crippen molar-refractivity contribution in [3.05, 3.63) is 243 Å². The van der Waals surface area contributed by atoms with Crippen molar-refractivity contribution >= 4 is 90.8 Å². The highest BCUT2D eigenvalue weighted by Crippen LogP contribution is 2.43. The maximum absolute atomic E-state index is 10.2. The second kappa shape index (κ2) is 39.9. The van der Waals surface area contributed by atoms with E-state index < -0.39 is 0 Å². The van der Waals surface area contributed by atoms with E-state index >= 15 is 0 Å². The third-order valence-electron chi connectivity index (χ3n) is 18.7. The molecule has 14 nitrogen and oxygen atoms in total. The van der Waals surface area contributed by atoms with Gasteiger partial charge in [0.15, 0.2) is 5.71 Å². The van der Waals surface area contributed by atoms with Gasteiger partial charge in [-0.25, -0.2) is 14.3 Å². The topological polar surface area (TPSA) is 125 Å². The summed E-state index contributed by atoms with van der Waals surface area (Å²) in [6, 6.07) is 50.7. The van der Waals surface area contributed by atoms with Crippen LogP contribution in [-0.4, -0.2) is 76.7 Å². The van der Waals surface area contributed by atoms with E-state index in [1.165, 1.54) is 11.4 Å². The molecule has 0 saturated heterocycles. The van der Waals surface area contributed by atoms with Gasteiger partial charge in [-0.3, -0.25) is 0 Å². The number of hydrogen-bond donors (Lipinski definition) is 0. The second-order valence-electron chi connectivity index (χ2n) is 26.6. The number of nitriles is 2. The van der Waals surface area contributed by atoms with Crippen molar-refractivity contribution in [1.82, 2.24) is 0 Å². The summed E-state index contributed by atoms with van der Waals surface area (Å²) in [5.74, 6) is 0. The van der Waals surface area contributed by atoms with Crippen molar-refractivity contribution in [3.63, 3.8) is 0 Å². The monoisotopic (exact) mass is 1370 g/mol. The number of rotatable bonds is 36. The lowest BCUT2D eigenvalue weighted by atomic mass is 9.94. The Labute approximate surface area is 615 Å². The van der Waals surface area contributed by atoms with Crippen LogP contribution in [0.2, 0.25) is 0 Å². The molecule has 0 atom stereocenters. The molecule has 0 aliphatic heterocycles. The van der Waals surface area contributed by atoms with Gasteiger partial charge in [0.2, 0.25) is 11.4 Å². The number of benzene rings is 7. The highest BCUT2D eigenvalue weighted by atomic mass is 15.2. The molecule has 8 rings (SSSR count). The van der Waals surface area contributed by atoms with E-state index in [1.54, 1.807) is 24.3 Å². The molecule has 0 bridgehead atoms. The Kier molecular flexibility index (Phi) is 30.1. The number of unbranched alkanes of at least 4 members (excludes halogenated alkanes) is 4. The second-order valence-corrected chi connectivity index (χ2v) is 26.6. The van der Waals surface area contributed by atoms with Gasteiger partial charge >= 0.3 is 0 Å². The van der Waals surface area contributed by atoms with E-state index in [1.807, 2.05) is 26.0 Å². The minimum Gasteiger partial charge on any atom is -0.372 e. The molecule has 7 aromatic rings. The number of allylic oxidation sites excluding steroid dienone is 9. The third-order valence-corrected chi connectivity index (χ3v) is 18.7. The van der Waals surface area contributed by atoms with Crippen molar-refractivity contribution in [2.45, 2.75) is 146 Å². The van der Waals surface area contributed by atoms with Crippen LogP contribution >= 0.6 is 0 Å². The van der Waals surface area contributed by atoms with Crippen molar-refractivity contribution in [2.75, 3.05) is 91.0 Å². The summed E-state index contributed by atoms with van der Waals surface area (Å²) in [5.41, 5.74) is 19.2. The Balaban J connectivity index is 1.26. The van der Waals surface area contributed by atoms with Crippen molar-refractivity contribution in [2.24, 2.45) is 20.5 Å². The quantitative estimate of drug-likeness (QED) is 0.0166. The van der Waals surface area contributed by atoms with Crippen LogP contribution in [0, 0.1) is 49.7 Å². The predicted octanol–water partition coefficient (Wildman–Crippen LogP) is 24.8. The summed E-state index contributed by atoms with van der Waals surface area (Å²) >= 11 is 0. The summed E-state index contributed by atoms with van der Waals surface area (Å²) in [7, 11) is 4.12. The summed E-state index contributed by atoms with van der Waals surface area (Å²) in [5, 5.41) is 39.2. The Bertz CT molecular complexity index is 4320. The molecular weight excluding hydrogens is 1270 g/mol. The van der Waals surface area contributed by atoms with Crippen molar-refractivity contribution in [3.8, 4) is 12.1 Å². The molecule has 1 aliphatic carbocycles. The fourth-order valence-electron chi connectivity index (χ4n) is 13.0. The first-order valence-corrected chi connectivity index (χ1v) is 37.3. The van der Waals surface area contributed by atoms with Crippen LogP contribution in [0.4, 0.5) is 73.9 Å². The maximum atomic E-state index is 10.2. The van der Waals surface area contributed by atoms with Gasteiger partial charge in [-0.05, 0) is 183 Å². The average Bonchev–Trinajstić information content (AvgIpc) is 0.814. The Morgan fingerprint density at radius 3 is 1.22 bits per heavy atom. The number of nitrogens with zero attached hydrogens (tertiary/aromatic N) is 14. The largest absolute Gasteiger partial charge is 0.372 e. The van der Waals surface area contributed by atoms with Crippen LogP contribution in [0.1, 0.15) is 171 Å². The van der Waals surface area contributed by atoms with Gasteiger partial charge in [-0.1, -0.05) is 159 Å². The molecule has 0 saturated carbocycles. The van der Waals surface area contributed by atoms with Crippen molar-refractivity contribution in [1.29, 1.82) is 10.5 Å². The van der Waals surface area contributed by atoms with Crippen molar-refractivity contribution < 1.29 is 4.58 Å². The highest BCUT2D eigenvalue weighted by Gasteiger charge is 2.21. The zero-order chi connectivity index (χ0) is 73.6. The van der Waals surface area contributed by atoms with Crippen LogP contribution < -0.4 is 24.5 Å². The van der Waals surface area contributed by atoms with E-state index in [0.717, 1.165) is 208 Å². The molecule has 530 valence electrons. The van der Waals surface area contributed by atoms with Crippen LogP contribution in [0.25, 0.3) is 20.8 Å². The molecule has 0 unspecified atom stereocenters. The summed E-state index contributed by atoms with van der Waals surface area (Å²) in [4.78, 5) is 19.1. The molecule has 103 heavy (non-hydrogen) atoms. The van der Waals surface area contributed by atoms with Gasteiger partial charge in [0.25, 0.3) is 0 Å².